The van der Waals surface area contributed by atoms with Gasteiger partial charge in [-0.05, 0) is 12.8 Å². The Morgan fingerprint density at radius 1 is 0.864 bits per heavy atom. The van der Waals surface area contributed by atoms with Crippen LogP contribution in [0.3, 0.4) is 0 Å². The monoisotopic (exact) mass is 302 g/mol. The zero-order valence-electron chi connectivity index (χ0n) is 12.5. The Hall–Kier alpha value is -1.98. The van der Waals surface area contributed by atoms with E-state index in [1.807, 2.05) is 19.9 Å². The van der Waals surface area contributed by atoms with Crippen molar-refractivity contribution in [1.82, 2.24) is 10.6 Å². The van der Waals surface area contributed by atoms with Crippen LogP contribution in [0, 0.1) is 35.0 Å². The Bertz CT molecular complexity index is 623. The van der Waals surface area contributed by atoms with E-state index in [2.05, 4.69) is 10.6 Å². The molecule has 0 aromatic rings. The van der Waals surface area contributed by atoms with Gasteiger partial charge in [-0.15, -0.1) is 0 Å². The van der Waals surface area contributed by atoms with Crippen LogP contribution in [0.2, 0.25) is 0 Å². The van der Waals surface area contributed by atoms with Gasteiger partial charge in [-0.3, -0.25) is 29.8 Å². The predicted molar refractivity (Wildman–Crippen MR) is 74.8 cm³/mol. The third-order valence-electron chi connectivity index (χ3n) is 6.22. The average Bonchev–Trinajstić information content (AvgIpc) is 2.98. The van der Waals surface area contributed by atoms with Crippen molar-refractivity contribution in [1.29, 1.82) is 0 Å². The quantitative estimate of drug-likeness (QED) is 0.560. The summed E-state index contributed by atoms with van der Waals surface area (Å²) in [7, 11) is 0. The Kier molecular flexibility index (Phi) is 2.52. The molecule has 6 nitrogen and oxygen atoms in total. The molecule has 0 spiro atoms. The molecule has 2 heterocycles. The summed E-state index contributed by atoms with van der Waals surface area (Å²) in [4.78, 5) is 49.4. The largest absolute Gasteiger partial charge is 0.296 e. The van der Waals surface area contributed by atoms with E-state index in [1.165, 1.54) is 0 Å². The van der Waals surface area contributed by atoms with Crippen LogP contribution in [0.5, 0.6) is 0 Å². The molecule has 3 fully saturated rings. The normalized spacial score (nSPS) is 45.4. The van der Waals surface area contributed by atoms with Crippen molar-refractivity contribution in [3.63, 3.8) is 0 Å². The lowest BCUT2D eigenvalue weighted by Crippen LogP contribution is -2.59. The SMILES string of the molecule is CCC1=CC2(CC)C3C(=O)NC(=O)C3C1C1C(=O)NC(=O)C12. The molecule has 2 saturated heterocycles. The van der Waals surface area contributed by atoms with Crippen molar-refractivity contribution < 1.29 is 19.2 Å². The first-order valence-corrected chi connectivity index (χ1v) is 7.87. The minimum atomic E-state index is -0.720. The molecule has 116 valence electrons. The maximum Gasteiger partial charge on any atom is 0.231 e. The molecule has 0 aromatic carbocycles. The number of rotatable bonds is 2. The molecule has 1 saturated carbocycles. The Balaban J connectivity index is 2.00. The van der Waals surface area contributed by atoms with Crippen LogP contribution in [0.15, 0.2) is 11.6 Å². The van der Waals surface area contributed by atoms with Gasteiger partial charge in [0.1, 0.15) is 0 Å². The molecular weight excluding hydrogens is 284 g/mol. The van der Waals surface area contributed by atoms with Gasteiger partial charge < -0.3 is 0 Å². The van der Waals surface area contributed by atoms with Gasteiger partial charge in [0.2, 0.25) is 23.6 Å². The zero-order chi connectivity index (χ0) is 15.8. The fourth-order valence-corrected chi connectivity index (χ4v) is 5.47. The van der Waals surface area contributed by atoms with Crippen LogP contribution in [-0.2, 0) is 19.2 Å². The smallest absolute Gasteiger partial charge is 0.231 e. The van der Waals surface area contributed by atoms with Crippen molar-refractivity contribution in [2.24, 2.45) is 35.0 Å². The van der Waals surface area contributed by atoms with Crippen LogP contribution < -0.4 is 10.6 Å². The summed E-state index contributed by atoms with van der Waals surface area (Å²) in [5.74, 6) is -3.56. The molecule has 4 unspecified atom stereocenters. The van der Waals surface area contributed by atoms with Gasteiger partial charge >= 0.3 is 0 Å². The lowest BCUT2D eigenvalue weighted by molar-refractivity contribution is -0.148. The second-order valence-electron chi connectivity index (χ2n) is 6.78. The maximum atomic E-state index is 12.4. The van der Waals surface area contributed by atoms with E-state index in [-0.39, 0.29) is 29.5 Å². The predicted octanol–water partition coefficient (Wildman–Crippen LogP) is 0.140. The maximum absolute atomic E-state index is 12.4. The van der Waals surface area contributed by atoms with Crippen molar-refractivity contribution in [2.45, 2.75) is 26.7 Å². The van der Waals surface area contributed by atoms with Crippen molar-refractivity contribution >= 4 is 23.6 Å². The molecule has 5 aliphatic rings. The lowest BCUT2D eigenvalue weighted by atomic mass is 9.44. The highest BCUT2D eigenvalue weighted by Gasteiger charge is 2.72. The van der Waals surface area contributed by atoms with Crippen LogP contribution in [-0.4, -0.2) is 23.6 Å². The molecule has 6 heteroatoms. The third-order valence-corrected chi connectivity index (χ3v) is 6.22. The number of hydrogen-bond acceptors (Lipinski definition) is 4. The van der Waals surface area contributed by atoms with Gasteiger partial charge in [-0.1, -0.05) is 25.5 Å². The van der Waals surface area contributed by atoms with Gasteiger partial charge in [-0.2, -0.15) is 0 Å². The summed E-state index contributed by atoms with van der Waals surface area (Å²) in [6.45, 7) is 3.92. The number of carbonyl (C=O) groups excluding carboxylic acids is 4. The zero-order valence-corrected chi connectivity index (χ0v) is 12.5. The van der Waals surface area contributed by atoms with Crippen LogP contribution in [0.4, 0.5) is 0 Å². The minimum Gasteiger partial charge on any atom is -0.296 e. The minimum absolute atomic E-state index is 0.289. The van der Waals surface area contributed by atoms with Crippen LogP contribution in [0.1, 0.15) is 26.7 Å². The molecule has 22 heavy (non-hydrogen) atoms. The molecule has 4 amide bonds. The molecule has 3 aliphatic carbocycles. The standard InChI is InChI=1S/C16H18N2O4/c1-3-6-5-16(4-2)10-8(12(19)17-14(10)21)7(6)9-11(16)15(22)18-13(9)20/h5,7-11H,3-4H2,1-2H3,(H,17,19,21)(H,18,20,22). The van der Waals surface area contributed by atoms with Crippen molar-refractivity contribution in [3.05, 3.63) is 11.6 Å². The van der Waals surface area contributed by atoms with E-state index in [0.717, 1.165) is 12.0 Å². The molecule has 2 aliphatic heterocycles. The molecule has 2 N–H and O–H groups in total. The first-order valence-electron chi connectivity index (χ1n) is 7.87. The topological polar surface area (TPSA) is 92.3 Å². The molecular formula is C16H18N2O4. The van der Waals surface area contributed by atoms with E-state index < -0.39 is 29.1 Å². The van der Waals surface area contributed by atoms with Gasteiger partial charge in [0, 0.05) is 11.3 Å². The highest BCUT2D eigenvalue weighted by Crippen LogP contribution is 2.65. The summed E-state index contributed by atoms with van der Waals surface area (Å²) in [6, 6.07) is 0. The fourth-order valence-electron chi connectivity index (χ4n) is 5.47. The van der Waals surface area contributed by atoms with Crippen LogP contribution in [0.25, 0.3) is 0 Å². The average molecular weight is 302 g/mol. The number of allylic oxidation sites excluding steroid dienone is 2. The van der Waals surface area contributed by atoms with Crippen molar-refractivity contribution in [3.8, 4) is 0 Å². The summed E-state index contributed by atoms with van der Waals surface area (Å²) in [6.07, 6.45) is 3.32. The van der Waals surface area contributed by atoms with E-state index in [4.69, 9.17) is 0 Å². The highest BCUT2D eigenvalue weighted by atomic mass is 16.2. The molecule has 4 atom stereocenters. The Labute approximate surface area is 127 Å². The van der Waals surface area contributed by atoms with E-state index in [1.54, 1.807) is 0 Å². The third kappa shape index (κ3) is 1.27. The first-order chi connectivity index (χ1) is 10.5. The first kappa shape index (κ1) is 13.7. The van der Waals surface area contributed by atoms with Gasteiger partial charge in [0.05, 0.1) is 23.7 Å². The number of hydrogen-bond donors (Lipinski definition) is 2. The number of nitrogens with one attached hydrogen (secondary N) is 2. The second-order valence-corrected chi connectivity index (χ2v) is 6.78. The van der Waals surface area contributed by atoms with E-state index in [9.17, 15) is 19.2 Å². The van der Waals surface area contributed by atoms with Gasteiger partial charge in [0.25, 0.3) is 0 Å². The van der Waals surface area contributed by atoms with E-state index >= 15 is 0 Å². The summed E-state index contributed by atoms with van der Waals surface area (Å²) < 4.78 is 0. The Morgan fingerprint density at radius 3 is 1.77 bits per heavy atom. The number of amides is 4. The van der Waals surface area contributed by atoms with Gasteiger partial charge in [0.15, 0.2) is 0 Å². The summed E-state index contributed by atoms with van der Waals surface area (Å²) in [5, 5.41) is 4.86. The number of imide groups is 2. The summed E-state index contributed by atoms with van der Waals surface area (Å²) in [5.41, 5.74) is 0.320. The van der Waals surface area contributed by atoms with Crippen molar-refractivity contribution in [2.75, 3.05) is 0 Å². The highest BCUT2D eigenvalue weighted by molar-refractivity contribution is 6.11. The van der Waals surface area contributed by atoms with E-state index in [0.29, 0.717) is 6.42 Å². The molecule has 5 rings (SSSR count). The molecule has 0 radical (unpaired) electrons. The second kappa shape index (κ2) is 4.06. The summed E-state index contributed by atoms with van der Waals surface area (Å²) >= 11 is 0. The van der Waals surface area contributed by atoms with Crippen LogP contribution >= 0.6 is 0 Å². The fraction of sp³-hybridized carbons (Fsp3) is 0.625. The molecule has 2 bridgehead atoms. The lowest BCUT2D eigenvalue weighted by Gasteiger charge is -2.55. The number of carbonyl (C=O) groups is 4. The Morgan fingerprint density at radius 2 is 1.36 bits per heavy atom. The molecule has 0 aromatic heterocycles. The van der Waals surface area contributed by atoms with Gasteiger partial charge in [-0.25, -0.2) is 0 Å².